The van der Waals surface area contributed by atoms with Crippen LogP contribution >= 0.6 is 22.6 Å². The molecule has 0 unspecified atom stereocenters. The molecule has 1 amide bonds. The van der Waals surface area contributed by atoms with E-state index in [1.807, 2.05) is 30.1 Å². The lowest BCUT2D eigenvalue weighted by molar-refractivity contribution is 0.00578. The van der Waals surface area contributed by atoms with Gasteiger partial charge in [0.2, 0.25) is 0 Å². The van der Waals surface area contributed by atoms with E-state index in [1.54, 1.807) is 4.90 Å². The highest BCUT2D eigenvalue weighted by Crippen LogP contribution is 2.38. The van der Waals surface area contributed by atoms with E-state index in [0.717, 1.165) is 117 Å². The third kappa shape index (κ3) is 12.7. The largest absolute Gasteiger partial charge is 0.494 e. The molecule has 13 rings (SSSR count). The number of rotatable bonds is 10. The Kier molecular flexibility index (Phi) is 15.6. The lowest BCUT2D eigenvalue weighted by atomic mass is 9.78. The second-order valence-corrected chi connectivity index (χ2v) is 25.3. The van der Waals surface area contributed by atoms with Crippen molar-refractivity contribution in [3.05, 3.63) is 89.2 Å². The Morgan fingerprint density at radius 1 is 0.650 bits per heavy atom. The van der Waals surface area contributed by atoms with Crippen molar-refractivity contribution in [2.75, 3.05) is 44.7 Å². The van der Waals surface area contributed by atoms with Crippen molar-refractivity contribution < 1.29 is 28.3 Å². The van der Waals surface area contributed by atoms with Crippen molar-refractivity contribution >= 4 is 96.5 Å². The van der Waals surface area contributed by atoms with Crippen LogP contribution in [0, 0.1) is 15.5 Å². The van der Waals surface area contributed by atoms with Crippen molar-refractivity contribution in [1.82, 2.24) is 49.3 Å². The molecule has 20 heteroatoms. The number of halogens is 1. The smallest absolute Gasteiger partial charge is 0.490 e. The van der Waals surface area contributed by atoms with Gasteiger partial charge in [0.1, 0.15) is 50.8 Å². The fraction of sp³-hybridized carbons (Fsp3) is 0.483. The molecule has 18 nitrogen and oxygen atoms in total. The number of hydrogen-bond donors (Lipinski definition) is 2. The maximum absolute atomic E-state index is 12.1. The van der Waals surface area contributed by atoms with Crippen LogP contribution in [0.4, 0.5) is 16.4 Å². The number of ether oxygens (including phenoxy) is 3. The minimum absolute atomic E-state index is 0.231. The van der Waals surface area contributed by atoms with Crippen molar-refractivity contribution in [3.63, 3.8) is 0 Å². The van der Waals surface area contributed by atoms with Crippen molar-refractivity contribution in [3.8, 4) is 22.8 Å². The molecule has 2 aliphatic carbocycles. The van der Waals surface area contributed by atoms with E-state index in [0.29, 0.717) is 48.8 Å². The van der Waals surface area contributed by atoms with E-state index in [-0.39, 0.29) is 24.4 Å². The summed E-state index contributed by atoms with van der Waals surface area (Å²) in [6, 6.07) is 25.3. The third-order valence-electron chi connectivity index (χ3n) is 16.1. The van der Waals surface area contributed by atoms with Crippen molar-refractivity contribution in [1.29, 1.82) is 0 Å². The minimum Gasteiger partial charge on any atom is -0.490 e. The van der Waals surface area contributed by atoms with Crippen LogP contribution in [0.1, 0.15) is 99.8 Å². The second-order valence-electron chi connectivity index (χ2n) is 24.3. The number of amides is 1. The highest BCUT2D eigenvalue weighted by atomic mass is 127. The van der Waals surface area contributed by atoms with Crippen LogP contribution in [-0.2, 0) is 27.1 Å². The fourth-order valence-corrected chi connectivity index (χ4v) is 11.3. The standard InChI is InChI=1S/C25H28N6O.C19H23BO3.C16H23IN6O2/c1-30-10-8-16(9-11-30)14-31-25-22(24(26)27-15-28-25)23(29-31)19-3-2-18-13-21(32-20-6-7-20)5-4-17(18)12-19;1-18(2)19(3,4)23-20(22-18)15-7-5-14-12-17(21-16-9-10-16)8-6-13(14)11-15;1-16(2,3)25-15(24)22-6-4-10(5-7-22)8-23-14-11(12(17)21-23)13(18)19-9-20-14/h2-5,12-13,15-16,20H,6-11,14H2,1H3,(H2,26,27,28);5-8,11-12,16H,9-10H2,1-4H3;9-10H,4-8H2,1-3H3,(H2,18,19,20). The molecule has 0 spiro atoms. The second kappa shape index (κ2) is 22.5. The molecule has 8 aromatic rings. The number of nitrogen functional groups attached to an aromatic ring is 2. The predicted molar refractivity (Wildman–Crippen MR) is 323 cm³/mol. The Labute approximate surface area is 481 Å². The number of aromatic nitrogens is 8. The summed E-state index contributed by atoms with van der Waals surface area (Å²) in [6.07, 6.45) is 12.5. The topological polar surface area (TPSA) is 209 Å². The summed E-state index contributed by atoms with van der Waals surface area (Å²) in [5, 5.41) is 15.9. The first kappa shape index (κ1) is 55.5. The van der Waals surface area contributed by atoms with Gasteiger partial charge in [-0.3, -0.25) is 0 Å². The zero-order chi connectivity index (χ0) is 56.1. The number of benzene rings is 4. The van der Waals surface area contributed by atoms with E-state index in [9.17, 15) is 4.79 Å². The molecule has 5 aliphatic rings. The zero-order valence-electron chi connectivity index (χ0n) is 47.3. The molecule has 2 saturated carbocycles. The number of carbonyl (C=O) groups excluding carboxylic acids is 1. The predicted octanol–water partition coefficient (Wildman–Crippen LogP) is 10.5. The Hall–Kier alpha value is -6.36. The molecule has 0 atom stereocenters. The first-order valence-electron chi connectivity index (χ1n) is 28.3. The van der Waals surface area contributed by atoms with Crippen molar-refractivity contribution in [2.45, 2.75) is 142 Å². The minimum atomic E-state index is -0.460. The molecule has 5 fully saturated rings. The van der Waals surface area contributed by atoms with E-state index < -0.39 is 5.60 Å². The molecular formula is C60H74BIN12O6. The molecule has 420 valence electrons. The van der Waals surface area contributed by atoms with Gasteiger partial charge in [-0.25, -0.2) is 34.1 Å². The quantitative estimate of drug-likeness (QED) is 0.0964. The molecule has 7 heterocycles. The maximum atomic E-state index is 12.1. The number of carbonyl (C=O) groups is 1. The molecule has 80 heavy (non-hydrogen) atoms. The van der Waals surface area contributed by atoms with Gasteiger partial charge in [0.05, 0.1) is 34.2 Å². The number of nitrogens with zero attached hydrogens (tertiary/aromatic N) is 10. The summed E-state index contributed by atoms with van der Waals surface area (Å²) in [5.74, 6) is 3.88. The van der Waals surface area contributed by atoms with Crippen LogP contribution in [0.25, 0.3) is 54.9 Å². The maximum Gasteiger partial charge on any atom is 0.494 e. The lowest BCUT2D eigenvalue weighted by Gasteiger charge is -2.33. The van der Waals surface area contributed by atoms with Gasteiger partial charge in [0.15, 0.2) is 11.3 Å². The molecule has 0 radical (unpaired) electrons. The molecule has 4 aromatic heterocycles. The average Bonchev–Trinajstić information content (AvgIpc) is 4.34. The number of hydrogen-bond acceptors (Lipinski definition) is 15. The van der Waals surface area contributed by atoms with Gasteiger partial charge in [0.25, 0.3) is 0 Å². The van der Waals surface area contributed by atoms with E-state index in [2.05, 4.69) is 160 Å². The third-order valence-corrected chi connectivity index (χ3v) is 16.9. The van der Waals surface area contributed by atoms with Gasteiger partial charge in [-0.15, -0.1) is 0 Å². The summed E-state index contributed by atoms with van der Waals surface area (Å²) in [5.41, 5.74) is 15.7. The molecule has 0 bridgehead atoms. The van der Waals surface area contributed by atoms with E-state index in [4.69, 9.17) is 40.1 Å². The normalized spacial score (nSPS) is 18.8. The number of nitrogens with two attached hydrogens (primary N) is 2. The lowest BCUT2D eigenvalue weighted by Crippen LogP contribution is -2.42. The average molecular weight is 1200 g/mol. The van der Waals surface area contributed by atoms with Gasteiger partial charge in [-0.1, -0.05) is 42.5 Å². The highest BCUT2D eigenvalue weighted by Gasteiger charge is 2.51. The molecule has 3 aliphatic heterocycles. The van der Waals surface area contributed by atoms with Gasteiger partial charge in [0, 0.05) is 31.7 Å². The van der Waals surface area contributed by atoms with Crippen molar-refractivity contribution in [2.24, 2.45) is 11.8 Å². The van der Waals surface area contributed by atoms with E-state index in [1.165, 1.54) is 49.1 Å². The van der Waals surface area contributed by atoms with Gasteiger partial charge in [-0.05, 0) is 212 Å². The summed E-state index contributed by atoms with van der Waals surface area (Å²) in [7, 11) is 1.87. The highest BCUT2D eigenvalue weighted by molar-refractivity contribution is 14.1. The summed E-state index contributed by atoms with van der Waals surface area (Å²) in [6.45, 7) is 19.3. The Balaban J connectivity index is 0.000000129. The number of likely N-dealkylation sites (tertiary alicyclic amines) is 2. The van der Waals surface area contributed by atoms with Gasteiger partial charge < -0.3 is 44.8 Å². The fourth-order valence-electron chi connectivity index (χ4n) is 10.5. The van der Waals surface area contributed by atoms with Crippen LogP contribution < -0.4 is 26.4 Å². The molecule has 4 N–H and O–H groups in total. The van der Waals surface area contributed by atoms with Crippen LogP contribution in [-0.4, -0.2) is 125 Å². The molecule has 4 aromatic carbocycles. The zero-order valence-corrected chi connectivity index (χ0v) is 49.5. The Bertz CT molecular complexity index is 3530. The first-order chi connectivity index (χ1) is 38.2. The monoisotopic (exact) mass is 1200 g/mol. The number of fused-ring (bicyclic) bond motifs is 4. The van der Waals surface area contributed by atoms with Crippen LogP contribution in [0.15, 0.2) is 85.5 Å². The SMILES string of the molecule is CC(C)(C)OC(=O)N1CCC(Cn2nc(I)c3c(N)ncnc32)CC1.CC1(C)OB(c2ccc3cc(OC4CC4)ccc3c2)OC1(C)C.CN1CCC(Cn2nc(-c3ccc4cc(OC5CC5)ccc4c3)c3c(N)ncnc32)CC1. The number of anilines is 2. The summed E-state index contributed by atoms with van der Waals surface area (Å²) < 4.78 is 34.3. The van der Waals surface area contributed by atoms with Gasteiger partial charge in [-0.2, -0.15) is 10.2 Å². The Morgan fingerprint density at radius 3 is 1.70 bits per heavy atom. The van der Waals surface area contributed by atoms with E-state index >= 15 is 0 Å². The van der Waals surface area contributed by atoms with Crippen LogP contribution in [0.2, 0.25) is 0 Å². The molecule has 3 saturated heterocycles. The van der Waals surface area contributed by atoms with Crippen LogP contribution in [0.5, 0.6) is 11.5 Å². The first-order valence-corrected chi connectivity index (χ1v) is 29.3. The summed E-state index contributed by atoms with van der Waals surface area (Å²) in [4.78, 5) is 33.5. The number of piperidine rings is 2. The van der Waals surface area contributed by atoms with Gasteiger partial charge >= 0.3 is 13.2 Å². The Morgan fingerprint density at radius 2 is 1.14 bits per heavy atom. The van der Waals surface area contributed by atoms with Crippen LogP contribution in [0.3, 0.4) is 0 Å². The summed E-state index contributed by atoms with van der Waals surface area (Å²) >= 11 is 2.16. The molecular weight excluding hydrogens is 1120 g/mol.